The molecule has 0 radical (unpaired) electrons. The Labute approximate surface area is 133 Å². The quantitative estimate of drug-likeness (QED) is 0.458. The van der Waals surface area contributed by atoms with Crippen LogP contribution in [0.2, 0.25) is 0 Å². The van der Waals surface area contributed by atoms with Crippen molar-refractivity contribution in [3.63, 3.8) is 0 Å². The van der Waals surface area contributed by atoms with Crippen molar-refractivity contribution in [1.82, 2.24) is 9.55 Å². The molecule has 1 aromatic rings. The number of methoxy groups -OCH3 is 1. The van der Waals surface area contributed by atoms with Crippen molar-refractivity contribution in [2.24, 2.45) is 0 Å². The highest BCUT2D eigenvalue weighted by Crippen LogP contribution is 2.12. The Morgan fingerprint density at radius 3 is 2.55 bits per heavy atom. The molecule has 0 aliphatic carbocycles. The minimum Gasteiger partial charge on any atom is -0.385 e. The standard InChI is InChI=1S/C14H26N2O2S2/c1-17-7-3-9-18-8-2-6-16-12-15-13(4-10-19)14(16)5-11-20/h12,19-20H,2-11H2,1H3. The maximum atomic E-state index is 5.57. The van der Waals surface area contributed by atoms with E-state index in [2.05, 4.69) is 34.8 Å². The van der Waals surface area contributed by atoms with Crippen LogP contribution in [0.4, 0.5) is 0 Å². The second-order valence-corrected chi connectivity index (χ2v) is 5.49. The maximum Gasteiger partial charge on any atom is 0.0951 e. The first-order chi connectivity index (χ1) is 9.83. The largest absolute Gasteiger partial charge is 0.385 e. The molecule has 1 aromatic heterocycles. The third kappa shape index (κ3) is 6.52. The van der Waals surface area contributed by atoms with Gasteiger partial charge in [0.05, 0.1) is 12.0 Å². The average Bonchev–Trinajstić information content (AvgIpc) is 2.82. The number of hydrogen-bond donors (Lipinski definition) is 2. The highest BCUT2D eigenvalue weighted by molar-refractivity contribution is 7.80. The summed E-state index contributed by atoms with van der Waals surface area (Å²) in [5, 5.41) is 0. The molecule has 0 aromatic carbocycles. The Balaban J connectivity index is 2.31. The second kappa shape index (κ2) is 11.5. The molecule has 0 amide bonds. The molecule has 0 aliphatic rings. The van der Waals surface area contributed by atoms with Crippen LogP contribution in [0.5, 0.6) is 0 Å². The molecule has 0 spiro atoms. The molecule has 1 rings (SSSR count). The normalized spacial score (nSPS) is 11.2. The van der Waals surface area contributed by atoms with E-state index in [1.807, 2.05) is 6.33 Å². The first kappa shape index (κ1) is 17.9. The van der Waals surface area contributed by atoms with Crippen molar-refractivity contribution in [2.75, 3.05) is 38.4 Å². The van der Waals surface area contributed by atoms with Gasteiger partial charge in [-0.1, -0.05) is 0 Å². The summed E-state index contributed by atoms with van der Waals surface area (Å²) in [7, 11) is 1.71. The zero-order valence-electron chi connectivity index (χ0n) is 12.3. The molecule has 4 nitrogen and oxygen atoms in total. The molecule has 0 saturated carbocycles. The van der Waals surface area contributed by atoms with E-state index in [1.165, 1.54) is 5.69 Å². The average molecular weight is 319 g/mol. The van der Waals surface area contributed by atoms with Crippen LogP contribution in [0.25, 0.3) is 0 Å². The van der Waals surface area contributed by atoms with Gasteiger partial charge in [-0.15, -0.1) is 0 Å². The maximum absolute atomic E-state index is 5.57. The molecule has 20 heavy (non-hydrogen) atoms. The van der Waals surface area contributed by atoms with Crippen molar-refractivity contribution >= 4 is 25.3 Å². The van der Waals surface area contributed by atoms with Crippen LogP contribution in [-0.2, 0) is 28.9 Å². The Kier molecular flexibility index (Phi) is 10.3. The lowest BCUT2D eigenvalue weighted by atomic mass is 10.2. The molecular formula is C14H26N2O2S2. The summed E-state index contributed by atoms with van der Waals surface area (Å²) in [6.07, 6.45) is 5.78. The van der Waals surface area contributed by atoms with Crippen LogP contribution in [0.15, 0.2) is 6.33 Å². The lowest BCUT2D eigenvalue weighted by molar-refractivity contribution is 0.0993. The van der Waals surface area contributed by atoms with E-state index in [0.717, 1.165) is 69.2 Å². The minimum atomic E-state index is 0.765. The van der Waals surface area contributed by atoms with Gasteiger partial charge in [0, 0.05) is 45.6 Å². The summed E-state index contributed by atoms with van der Waals surface area (Å²) in [4.78, 5) is 4.49. The van der Waals surface area contributed by atoms with Crippen molar-refractivity contribution in [3.8, 4) is 0 Å². The van der Waals surface area contributed by atoms with E-state index in [-0.39, 0.29) is 0 Å². The first-order valence-corrected chi connectivity index (χ1v) is 8.41. The SMILES string of the molecule is COCCCOCCCn1cnc(CCS)c1CCS. The lowest BCUT2D eigenvalue weighted by Gasteiger charge is -2.09. The number of ether oxygens (including phenoxy) is 2. The van der Waals surface area contributed by atoms with Gasteiger partial charge in [-0.2, -0.15) is 25.3 Å². The van der Waals surface area contributed by atoms with E-state index < -0.39 is 0 Å². The summed E-state index contributed by atoms with van der Waals surface area (Å²) in [5.74, 6) is 1.68. The van der Waals surface area contributed by atoms with Gasteiger partial charge in [0.25, 0.3) is 0 Å². The van der Waals surface area contributed by atoms with Gasteiger partial charge in [0.2, 0.25) is 0 Å². The van der Waals surface area contributed by atoms with Crippen LogP contribution in [0, 0.1) is 0 Å². The third-order valence-corrected chi connectivity index (χ3v) is 3.50. The van der Waals surface area contributed by atoms with Gasteiger partial charge in [-0.05, 0) is 30.8 Å². The van der Waals surface area contributed by atoms with Crippen LogP contribution in [-0.4, -0.2) is 48.0 Å². The number of imidazole rings is 1. The van der Waals surface area contributed by atoms with Gasteiger partial charge in [-0.25, -0.2) is 4.98 Å². The topological polar surface area (TPSA) is 36.3 Å². The van der Waals surface area contributed by atoms with Crippen LogP contribution in [0.3, 0.4) is 0 Å². The molecule has 0 bridgehead atoms. The predicted octanol–water partition coefficient (Wildman–Crippen LogP) is 2.27. The zero-order valence-corrected chi connectivity index (χ0v) is 14.0. The fourth-order valence-corrected chi connectivity index (χ4v) is 2.52. The first-order valence-electron chi connectivity index (χ1n) is 7.14. The van der Waals surface area contributed by atoms with E-state index in [0.29, 0.717) is 0 Å². The second-order valence-electron chi connectivity index (χ2n) is 4.59. The van der Waals surface area contributed by atoms with Gasteiger partial charge in [0.15, 0.2) is 0 Å². The number of nitrogens with zero attached hydrogens (tertiary/aromatic N) is 2. The Hall–Kier alpha value is -0.170. The van der Waals surface area contributed by atoms with E-state index >= 15 is 0 Å². The molecule has 0 N–H and O–H groups in total. The number of aryl methyl sites for hydroxylation is 2. The molecule has 0 saturated heterocycles. The molecule has 116 valence electrons. The molecular weight excluding hydrogens is 292 g/mol. The van der Waals surface area contributed by atoms with Gasteiger partial charge in [0.1, 0.15) is 0 Å². The van der Waals surface area contributed by atoms with E-state index in [9.17, 15) is 0 Å². The van der Waals surface area contributed by atoms with Crippen LogP contribution in [0.1, 0.15) is 24.2 Å². The summed E-state index contributed by atoms with van der Waals surface area (Å²) in [6.45, 7) is 3.27. The molecule has 0 atom stereocenters. The number of hydrogen-bond acceptors (Lipinski definition) is 5. The van der Waals surface area contributed by atoms with E-state index in [4.69, 9.17) is 9.47 Å². The zero-order chi connectivity index (χ0) is 14.6. The highest BCUT2D eigenvalue weighted by Gasteiger charge is 2.09. The monoisotopic (exact) mass is 318 g/mol. The van der Waals surface area contributed by atoms with Gasteiger partial charge in [-0.3, -0.25) is 0 Å². The van der Waals surface area contributed by atoms with Gasteiger partial charge < -0.3 is 14.0 Å². The molecule has 0 aliphatic heterocycles. The van der Waals surface area contributed by atoms with Crippen molar-refractivity contribution in [3.05, 3.63) is 17.7 Å². The predicted molar refractivity (Wildman–Crippen MR) is 89.3 cm³/mol. The van der Waals surface area contributed by atoms with Gasteiger partial charge >= 0.3 is 0 Å². The minimum absolute atomic E-state index is 0.765. The number of thiol groups is 2. The molecule has 0 fully saturated rings. The smallest absolute Gasteiger partial charge is 0.0951 e. The van der Waals surface area contributed by atoms with Crippen molar-refractivity contribution < 1.29 is 9.47 Å². The third-order valence-electron chi connectivity index (χ3n) is 3.05. The van der Waals surface area contributed by atoms with Crippen molar-refractivity contribution in [2.45, 2.75) is 32.2 Å². The highest BCUT2D eigenvalue weighted by atomic mass is 32.1. The lowest BCUT2D eigenvalue weighted by Crippen LogP contribution is -2.08. The van der Waals surface area contributed by atoms with Crippen LogP contribution < -0.4 is 0 Å². The fourth-order valence-electron chi connectivity index (χ4n) is 2.09. The Morgan fingerprint density at radius 2 is 1.85 bits per heavy atom. The van der Waals surface area contributed by atoms with Crippen molar-refractivity contribution in [1.29, 1.82) is 0 Å². The Morgan fingerprint density at radius 1 is 1.10 bits per heavy atom. The molecule has 1 heterocycles. The summed E-state index contributed by atoms with van der Waals surface area (Å²) >= 11 is 8.61. The Bertz CT molecular complexity index is 359. The summed E-state index contributed by atoms with van der Waals surface area (Å²) in [5.41, 5.74) is 2.46. The number of aromatic nitrogens is 2. The molecule has 0 unspecified atom stereocenters. The van der Waals surface area contributed by atoms with Crippen LogP contribution >= 0.6 is 25.3 Å². The fraction of sp³-hybridized carbons (Fsp3) is 0.786. The summed E-state index contributed by atoms with van der Waals surface area (Å²) in [6, 6.07) is 0. The number of rotatable bonds is 12. The summed E-state index contributed by atoms with van der Waals surface area (Å²) < 4.78 is 12.8. The molecule has 6 heteroatoms. The van der Waals surface area contributed by atoms with E-state index in [1.54, 1.807) is 7.11 Å².